The first kappa shape index (κ1) is 14.3. The second kappa shape index (κ2) is 5.99. The van der Waals surface area contributed by atoms with Gasteiger partial charge in [0.25, 0.3) is 0 Å². The number of carbonyl (C=O) groups excluding carboxylic acids is 1. The van der Waals surface area contributed by atoms with Crippen LogP contribution in [0.1, 0.15) is 6.42 Å². The van der Waals surface area contributed by atoms with Gasteiger partial charge in [0.1, 0.15) is 5.82 Å². The van der Waals surface area contributed by atoms with Gasteiger partial charge in [0, 0.05) is 31.7 Å². The Morgan fingerprint density at radius 3 is 2.71 bits per heavy atom. The first-order chi connectivity index (χ1) is 10.2. The summed E-state index contributed by atoms with van der Waals surface area (Å²) in [4.78, 5) is 15.6. The number of ether oxygens (including phenoxy) is 1. The molecule has 2 heterocycles. The Balaban J connectivity index is 1.79. The van der Waals surface area contributed by atoms with Crippen LogP contribution in [-0.4, -0.2) is 45.3 Å². The van der Waals surface area contributed by atoms with Crippen molar-refractivity contribution >= 4 is 17.3 Å². The quantitative estimate of drug-likeness (QED) is 0.902. The molecular weight excluding hydrogens is 273 g/mol. The zero-order valence-electron chi connectivity index (χ0n) is 11.9. The van der Waals surface area contributed by atoms with Gasteiger partial charge in [-0.1, -0.05) is 0 Å². The first-order valence-electron chi connectivity index (χ1n) is 7.31. The number of halogens is 1. The highest BCUT2D eigenvalue weighted by Crippen LogP contribution is 2.29. The van der Waals surface area contributed by atoms with Gasteiger partial charge in [-0.15, -0.1) is 0 Å². The maximum Gasteiger partial charge on any atom is 0.227 e. The van der Waals surface area contributed by atoms with Crippen molar-refractivity contribution in [3.63, 3.8) is 0 Å². The van der Waals surface area contributed by atoms with Crippen molar-refractivity contribution in [1.29, 1.82) is 0 Å². The van der Waals surface area contributed by atoms with Gasteiger partial charge in [0.05, 0.1) is 18.9 Å². The summed E-state index contributed by atoms with van der Waals surface area (Å²) < 4.78 is 19.6. The van der Waals surface area contributed by atoms with E-state index >= 15 is 0 Å². The van der Waals surface area contributed by atoms with Crippen LogP contribution in [0.5, 0.6) is 0 Å². The number of anilines is 2. The minimum atomic E-state index is -0.293. The average Bonchev–Trinajstić information content (AvgIpc) is 2.89. The predicted octanol–water partition coefficient (Wildman–Crippen LogP) is 0.974. The Hall–Kier alpha value is -1.66. The molecule has 1 amide bonds. The smallest absolute Gasteiger partial charge is 0.227 e. The van der Waals surface area contributed by atoms with Crippen LogP contribution in [0.4, 0.5) is 15.8 Å². The number of hydrogen-bond donors (Lipinski definition) is 1. The predicted molar refractivity (Wildman–Crippen MR) is 78.9 cm³/mol. The lowest BCUT2D eigenvalue weighted by molar-refractivity contribution is -0.117. The Bertz CT molecular complexity index is 532. The maximum atomic E-state index is 14.3. The van der Waals surface area contributed by atoms with E-state index in [4.69, 9.17) is 10.5 Å². The summed E-state index contributed by atoms with van der Waals surface area (Å²) >= 11 is 0. The van der Waals surface area contributed by atoms with Crippen molar-refractivity contribution in [2.24, 2.45) is 11.7 Å². The van der Waals surface area contributed by atoms with Crippen molar-refractivity contribution in [2.45, 2.75) is 6.42 Å². The summed E-state index contributed by atoms with van der Waals surface area (Å²) in [7, 11) is 0. The van der Waals surface area contributed by atoms with Gasteiger partial charge in [0.2, 0.25) is 5.91 Å². The summed E-state index contributed by atoms with van der Waals surface area (Å²) in [6.45, 7) is 3.67. The minimum Gasteiger partial charge on any atom is -0.378 e. The molecule has 0 saturated carbocycles. The molecule has 2 aliphatic heterocycles. The van der Waals surface area contributed by atoms with E-state index in [1.807, 2.05) is 11.0 Å². The molecule has 2 N–H and O–H groups in total. The van der Waals surface area contributed by atoms with E-state index in [1.165, 1.54) is 6.07 Å². The van der Waals surface area contributed by atoms with E-state index in [0.29, 0.717) is 57.2 Å². The van der Waals surface area contributed by atoms with Crippen molar-refractivity contribution in [1.82, 2.24) is 0 Å². The number of amides is 1. The van der Waals surface area contributed by atoms with Crippen LogP contribution in [0.2, 0.25) is 0 Å². The van der Waals surface area contributed by atoms with Crippen LogP contribution in [0.25, 0.3) is 0 Å². The molecule has 0 aromatic heterocycles. The third-order valence-electron chi connectivity index (χ3n) is 4.13. The van der Waals surface area contributed by atoms with Crippen LogP contribution in [-0.2, 0) is 9.53 Å². The molecule has 2 saturated heterocycles. The second-order valence-electron chi connectivity index (χ2n) is 5.55. The number of rotatable bonds is 3. The molecule has 21 heavy (non-hydrogen) atoms. The molecule has 0 unspecified atom stereocenters. The van der Waals surface area contributed by atoms with Crippen molar-refractivity contribution < 1.29 is 13.9 Å². The standard InChI is InChI=1S/C15H20FN3O2/c16-13-8-12(19-10-11(9-17)7-15(19)20)1-2-14(13)18-3-5-21-6-4-18/h1-2,8,11H,3-7,9-10,17H2/t11-/m0/s1. The third kappa shape index (κ3) is 2.87. The Morgan fingerprint density at radius 2 is 2.10 bits per heavy atom. The number of hydrogen-bond acceptors (Lipinski definition) is 4. The molecule has 114 valence electrons. The van der Waals surface area contributed by atoms with Gasteiger partial charge in [0.15, 0.2) is 0 Å². The molecule has 2 aliphatic rings. The van der Waals surface area contributed by atoms with Gasteiger partial charge < -0.3 is 20.3 Å². The second-order valence-corrected chi connectivity index (χ2v) is 5.55. The number of morpholine rings is 1. The zero-order chi connectivity index (χ0) is 14.8. The van der Waals surface area contributed by atoms with E-state index < -0.39 is 0 Å². The van der Waals surface area contributed by atoms with Crippen LogP contribution in [0, 0.1) is 11.7 Å². The monoisotopic (exact) mass is 293 g/mol. The van der Waals surface area contributed by atoms with Crippen LogP contribution in [0.3, 0.4) is 0 Å². The fraction of sp³-hybridized carbons (Fsp3) is 0.533. The number of nitrogens with two attached hydrogens (primary N) is 1. The molecule has 2 fully saturated rings. The number of carbonyl (C=O) groups is 1. The lowest BCUT2D eigenvalue weighted by atomic mass is 10.1. The maximum absolute atomic E-state index is 14.3. The molecule has 3 rings (SSSR count). The van der Waals surface area contributed by atoms with Gasteiger partial charge in [-0.05, 0) is 30.7 Å². The minimum absolute atomic E-state index is 0.0176. The van der Waals surface area contributed by atoms with Crippen LogP contribution >= 0.6 is 0 Å². The van der Waals surface area contributed by atoms with Crippen molar-refractivity contribution in [3.8, 4) is 0 Å². The van der Waals surface area contributed by atoms with Gasteiger partial charge in [-0.2, -0.15) is 0 Å². The Labute approximate surface area is 123 Å². The van der Waals surface area contributed by atoms with E-state index in [0.717, 1.165) is 0 Å². The lowest BCUT2D eigenvalue weighted by Crippen LogP contribution is -2.36. The molecule has 0 aliphatic carbocycles. The highest BCUT2D eigenvalue weighted by Gasteiger charge is 2.30. The number of nitrogens with zero attached hydrogens (tertiary/aromatic N) is 2. The molecule has 0 spiro atoms. The van der Waals surface area contributed by atoms with E-state index in [9.17, 15) is 9.18 Å². The fourth-order valence-corrected chi connectivity index (χ4v) is 2.91. The van der Waals surface area contributed by atoms with E-state index in [1.54, 1.807) is 11.0 Å². The average molecular weight is 293 g/mol. The highest BCUT2D eigenvalue weighted by molar-refractivity contribution is 5.95. The topological polar surface area (TPSA) is 58.8 Å². The highest BCUT2D eigenvalue weighted by atomic mass is 19.1. The van der Waals surface area contributed by atoms with Gasteiger partial charge in [-0.25, -0.2) is 4.39 Å². The number of benzene rings is 1. The summed E-state index contributed by atoms with van der Waals surface area (Å²) in [5, 5.41) is 0. The Morgan fingerprint density at radius 1 is 1.33 bits per heavy atom. The molecule has 0 bridgehead atoms. The normalized spacial score (nSPS) is 23.0. The van der Waals surface area contributed by atoms with Crippen LogP contribution in [0.15, 0.2) is 18.2 Å². The SMILES string of the molecule is NC[C@@H]1CC(=O)N(c2ccc(N3CCOCC3)c(F)c2)C1. The lowest BCUT2D eigenvalue weighted by Gasteiger charge is -2.29. The molecule has 1 aromatic carbocycles. The van der Waals surface area contributed by atoms with Crippen molar-refractivity contribution in [2.75, 3.05) is 49.2 Å². The molecule has 1 aromatic rings. The molecule has 0 radical (unpaired) electrons. The fourth-order valence-electron chi connectivity index (χ4n) is 2.91. The molecule has 5 nitrogen and oxygen atoms in total. The summed E-state index contributed by atoms with van der Waals surface area (Å²) in [5.74, 6) is -0.109. The molecular formula is C15H20FN3O2. The van der Waals surface area contributed by atoms with Gasteiger partial charge >= 0.3 is 0 Å². The van der Waals surface area contributed by atoms with Crippen molar-refractivity contribution in [3.05, 3.63) is 24.0 Å². The molecule has 6 heteroatoms. The summed E-state index contributed by atoms with van der Waals surface area (Å²) in [6.07, 6.45) is 0.448. The largest absolute Gasteiger partial charge is 0.378 e. The summed E-state index contributed by atoms with van der Waals surface area (Å²) in [5.41, 5.74) is 6.81. The third-order valence-corrected chi connectivity index (χ3v) is 4.13. The van der Waals surface area contributed by atoms with E-state index in [2.05, 4.69) is 0 Å². The first-order valence-corrected chi connectivity index (χ1v) is 7.31. The Kier molecular flexibility index (Phi) is 4.07. The zero-order valence-corrected chi connectivity index (χ0v) is 11.9. The molecule has 1 atom stereocenters. The van der Waals surface area contributed by atoms with E-state index in [-0.39, 0.29) is 17.6 Å². The summed E-state index contributed by atoms with van der Waals surface area (Å²) in [6, 6.07) is 5.01. The van der Waals surface area contributed by atoms with Gasteiger partial charge in [-0.3, -0.25) is 4.79 Å². The van der Waals surface area contributed by atoms with Crippen LogP contribution < -0.4 is 15.5 Å².